The second-order valence-corrected chi connectivity index (χ2v) is 9.42. The SMILES string of the molecule is CC(OCc1ccccc1)C(NS(=O)(=O)c1ccc(Oc2cccc(Cl)c2C#N)cc1)C(N)=O. The Bertz CT molecular complexity index is 1290. The maximum absolute atomic E-state index is 12.9. The molecule has 0 saturated carbocycles. The summed E-state index contributed by atoms with van der Waals surface area (Å²) in [7, 11) is -4.10. The van der Waals surface area contributed by atoms with E-state index in [1.807, 2.05) is 36.4 Å². The molecule has 8 nitrogen and oxygen atoms in total. The lowest BCUT2D eigenvalue weighted by Gasteiger charge is -2.22. The van der Waals surface area contributed by atoms with Crippen molar-refractivity contribution in [2.75, 3.05) is 0 Å². The monoisotopic (exact) mass is 499 g/mol. The second-order valence-electron chi connectivity index (χ2n) is 7.30. The molecule has 1 amide bonds. The predicted molar refractivity (Wildman–Crippen MR) is 127 cm³/mol. The number of hydrogen-bond donors (Lipinski definition) is 2. The number of nitrogens with two attached hydrogens (primary N) is 1. The minimum atomic E-state index is -4.10. The zero-order valence-corrected chi connectivity index (χ0v) is 19.7. The van der Waals surface area contributed by atoms with Crippen molar-refractivity contribution in [3.63, 3.8) is 0 Å². The minimum absolute atomic E-state index is 0.104. The summed E-state index contributed by atoms with van der Waals surface area (Å²) in [5.74, 6) is -0.334. The van der Waals surface area contributed by atoms with E-state index in [4.69, 9.17) is 26.8 Å². The number of ether oxygens (including phenoxy) is 2. The average molecular weight is 500 g/mol. The third kappa shape index (κ3) is 6.34. The highest BCUT2D eigenvalue weighted by molar-refractivity contribution is 7.89. The second kappa shape index (κ2) is 11.1. The first-order valence-corrected chi connectivity index (χ1v) is 12.0. The van der Waals surface area contributed by atoms with Gasteiger partial charge in [0.1, 0.15) is 29.2 Å². The number of benzene rings is 3. The zero-order chi connectivity index (χ0) is 24.7. The van der Waals surface area contributed by atoms with Gasteiger partial charge in [-0.05, 0) is 48.9 Å². The number of carbonyl (C=O) groups is 1. The van der Waals surface area contributed by atoms with Crippen molar-refractivity contribution in [3.8, 4) is 17.6 Å². The van der Waals surface area contributed by atoms with E-state index in [-0.39, 0.29) is 27.8 Å². The number of sulfonamides is 1. The predicted octanol–water partition coefficient (Wildman–Crippen LogP) is 3.74. The molecule has 2 atom stereocenters. The molecule has 34 heavy (non-hydrogen) atoms. The number of carbonyl (C=O) groups excluding carboxylic acids is 1. The van der Waals surface area contributed by atoms with Crippen molar-refractivity contribution in [1.82, 2.24) is 4.72 Å². The van der Waals surface area contributed by atoms with Crippen LogP contribution in [-0.2, 0) is 26.2 Å². The van der Waals surface area contributed by atoms with Crippen LogP contribution in [0.1, 0.15) is 18.1 Å². The third-order valence-electron chi connectivity index (χ3n) is 4.86. The van der Waals surface area contributed by atoms with Crippen LogP contribution in [0.15, 0.2) is 77.7 Å². The fourth-order valence-electron chi connectivity index (χ4n) is 3.03. The van der Waals surface area contributed by atoms with Gasteiger partial charge in [-0.2, -0.15) is 9.98 Å². The number of amides is 1. The van der Waals surface area contributed by atoms with Crippen molar-refractivity contribution >= 4 is 27.5 Å². The summed E-state index contributed by atoms with van der Waals surface area (Å²) in [5.41, 5.74) is 6.47. The molecule has 0 aromatic heterocycles. The number of nitrogens with one attached hydrogen (secondary N) is 1. The maximum Gasteiger partial charge on any atom is 0.241 e. The first-order valence-electron chi connectivity index (χ1n) is 10.1. The van der Waals surface area contributed by atoms with E-state index >= 15 is 0 Å². The molecule has 0 saturated heterocycles. The zero-order valence-electron chi connectivity index (χ0n) is 18.1. The highest BCUT2D eigenvalue weighted by Gasteiger charge is 2.29. The molecular weight excluding hydrogens is 478 g/mol. The van der Waals surface area contributed by atoms with E-state index in [2.05, 4.69) is 4.72 Å². The van der Waals surface area contributed by atoms with Gasteiger partial charge in [-0.1, -0.05) is 48.0 Å². The quantitative estimate of drug-likeness (QED) is 0.436. The highest BCUT2D eigenvalue weighted by Crippen LogP contribution is 2.30. The van der Waals surface area contributed by atoms with Crippen LogP contribution in [0.2, 0.25) is 5.02 Å². The molecule has 0 aliphatic rings. The number of halogens is 1. The van der Waals surface area contributed by atoms with Gasteiger partial charge in [0, 0.05) is 0 Å². The van der Waals surface area contributed by atoms with Gasteiger partial charge in [0.05, 0.1) is 22.6 Å². The van der Waals surface area contributed by atoms with Gasteiger partial charge < -0.3 is 15.2 Å². The van der Waals surface area contributed by atoms with Gasteiger partial charge in [-0.15, -0.1) is 0 Å². The molecule has 2 unspecified atom stereocenters. The number of primary amides is 1. The molecular formula is C24H22ClN3O5S. The van der Waals surface area contributed by atoms with E-state index in [1.54, 1.807) is 25.1 Å². The van der Waals surface area contributed by atoms with Crippen LogP contribution >= 0.6 is 11.6 Å². The van der Waals surface area contributed by atoms with Crippen LogP contribution in [0.4, 0.5) is 0 Å². The van der Waals surface area contributed by atoms with Gasteiger partial charge in [0.25, 0.3) is 0 Å². The molecule has 0 aliphatic carbocycles. The third-order valence-corrected chi connectivity index (χ3v) is 6.63. The van der Waals surface area contributed by atoms with Crippen LogP contribution in [-0.4, -0.2) is 26.5 Å². The van der Waals surface area contributed by atoms with Crippen LogP contribution in [0, 0.1) is 11.3 Å². The van der Waals surface area contributed by atoms with Crippen molar-refractivity contribution in [3.05, 3.63) is 88.9 Å². The molecule has 0 heterocycles. The molecule has 0 fully saturated rings. The number of nitriles is 1. The Hall–Kier alpha value is -3.42. The summed E-state index contributed by atoms with van der Waals surface area (Å²) < 4.78 is 39.4. The summed E-state index contributed by atoms with van der Waals surface area (Å²) in [6.07, 6.45) is -0.817. The topological polar surface area (TPSA) is 132 Å². The molecule has 3 aromatic carbocycles. The van der Waals surface area contributed by atoms with Crippen molar-refractivity contribution in [1.29, 1.82) is 5.26 Å². The molecule has 0 aliphatic heterocycles. The first-order chi connectivity index (χ1) is 16.2. The molecule has 0 spiro atoms. The van der Waals surface area contributed by atoms with Gasteiger partial charge in [-0.25, -0.2) is 8.42 Å². The van der Waals surface area contributed by atoms with Crippen molar-refractivity contribution in [2.24, 2.45) is 5.73 Å². The Kier molecular flexibility index (Phi) is 8.26. The smallest absolute Gasteiger partial charge is 0.241 e. The Morgan fingerprint density at radius 2 is 1.76 bits per heavy atom. The summed E-state index contributed by atoms with van der Waals surface area (Å²) in [5, 5.41) is 9.49. The molecule has 176 valence electrons. The molecule has 0 bridgehead atoms. The van der Waals surface area contributed by atoms with Gasteiger partial charge >= 0.3 is 0 Å². The summed E-state index contributed by atoms with van der Waals surface area (Å²) in [6, 6.07) is 20.2. The van der Waals surface area contributed by atoms with Crippen molar-refractivity contribution < 1.29 is 22.7 Å². The molecule has 10 heteroatoms. The summed E-state index contributed by atoms with van der Waals surface area (Å²) in [4.78, 5) is 11.9. The highest BCUT2D eigenvalue weighted by atomic mass is 35.5. The van der Waals surface area contributed by atoms with E-state index in [0.717, 1.165) is 5.56 Å². The fourth-order valence-corrected chi connectivity index (χ4v) is 4.51. The van der Waals surface area contributed by atoms with E-state index < -0.39 is 28.1 Å². The average Bonchev–Trinajstić information content (AvgIpc) is 2.82. The van der Waals surface area contributed by atoms with Crippen LogP contribution in [0.25, 0.3) is 0 Å². The van der Waals surface area contributed by atoms with Gasteiger partial charge in [0.2, 0.25) is 15.9 Å². The van der Waals surface area contributed by atoms with Crippen LogP contribution < -0.4 is 15.2 Å². The van der Waals surface area contributed by atoms with Crippen molar-refractivity contribution in [2.45, 2.75) is 30.6 Å². The first kappa shape index (κ1) is 25.2. The Labute approximate surface area is 202 Å². The van der Waals surface area contributed by atoms with E-state index in [9.17, 15) is 18.5 Å². The number of nitrogens with zero attached hydrogens (tertiary/aromatic N) is 1. The molecule has 0 radical (unpaired) electrons. The number of hydrogen-bond acceptors (Lipinski definition) is 6. The lowest BCUT2D eigenvalue weighted by Crippen LogP contribution is -2.51. The Morgan fingerprint density at radius 1 is 1.09 bits per heavy atom. The van der Waals surface area contributed by atoms with Gasteiger partial charge in [-0.3, -0.25) is 4.79 Å². The number of rotatable bonds is 10. The van der Waals surface area contributed by atoms with Crippen LogP contribution in [0.3, 0.4) is 0 Å². The lowest BCUT2D eigenvalue weighted by atomic mass is 10.2. The van der Waals surface area contributed by atoms with E-state index in [0.29, 0.717) is 5.75 Å². The van der Waals surface area contributed by atoms with E-state index in [1.165, 1.54) is 24.3 Å². The largest absolute Gasteiger partial charge is 0.456 e. The summed E-state index contributed by atoms with van der Waals surface area (Å²) >= 11 is 6.00. The fraction of sp³-hybridized carbons (Fsp3) is 0.167. The lowest BCUT2D eigenvalue weighted by molar-refractivity contribution is -0.123. The Balaban J connectivity index is 1.71. The van der Waals surface area contributed by atoms with Crippen LogP contribution in [0.5, 0.6) is 11.5 Å². The molecule has 3 N–H and O–H groups in total. The standard InChI is InChI=1S/C24H22ClN3O5S/c1-16(32-15-17-6-3-2-4-7-17)23(24(27)29)28-34(30,31)19-12-10-18(11-13-19)33-22-9-5-8-21(25)20(22)14-26/h2-13,16,23,28H,15H2,1H3,(H2,27,29). The summed E-state index contributed by atoms with van der Waals surface area (Å²) in [6.45, 7) is 1.75. The van der Waals surface area contributed by atoms with Gasteiger partial charge in [0.15, 0.2) is 0 Å². The molecule has 3 rings (SSSR count). The Morgan fingerprint density at radius 3 is 2.38 bits per heavy atom. The molecule has 3 aromatic rings. The minimum Gasteiger partial charge on any atom is -0.456 e. The maximum atomic E-state index is 12.9. The normalized spacial score (nSPS) is 13.0.